The van der Waals surface area contributed by atoms with Crippen molar-refractivity contribution in [3.05, 3.63) is 16.4 Å². The van der Waals surface area contributed by atoms with Crippen LogP contribution in [0.5, 0.6) is 0 Å². The van der Waals surface area contributed by atoms with Gasteiger partial charge in [-0.05, 0) is 6.42 Å². The molecule has 18 heavy (non-hydrogen) atoms. The highest BCUT2D eigenvalue weighted by atomic mass is 32.1. The van der Waals surface area contributed by atoms with Crippen molar-refractivity contribution in [1.29, 1.82) is 0 Å². The molecule has 0 bridgehead atoms. The van der Waals surface area contributed by atoms with Gasteiger partial charge in [-0.3, -0.25) is 0 Å². The van der Waals surface area contributed by atoms with Gasteiger partial charge in [0.1, 0.15) is 10.7 Å². The molecule has 0 saturated heterocycles. The van der Waals surface area contributed by atoms with E-state index in [1.807, 2.05) is 0 Å². The summed E-state index contributed by atoms with van der Waals surface area (Å²) < 4.78 is 1.69. The quantitative estimate of drug-likeness (QED) is 0.892. The fourth-order valence-corrected chi connectivity index (χ4v) is 2.46. The minimum atomic E-state index is -0.0921. The summed E-state index contributed by atoms with van der Waals surface area (Å²) >= 11 is 1.51. The maximum atomic E-state index is 9.25. The topological polar surface area (TPSA) is 76.7 Å². The Bertz CT molecular complexity index is 519. The fraction of sp³-hybridized carbons (Fsp3) is 0.636. The number of hydrogen-bond acceptors (Lipinski definition) is 6. The van der Waals surface area contributed by atoms with Gasteiger partial charge in [0.25, 0.3) is 0 Å². The highest BCUT2D eigenvalue weighted by Gasteiger charge is 2.16. The van der Waals surface area contributed by atoms with Crippen LogP contribution in [0.1, 0.15) is 49.5 Å². The van der Waals surface area contributed by atoms with Crippen LogP contribution < -0.4 is 0 Å². The molecule has 0 aliphatic heterocycles. The van der Waals surface area contributed by atoms with Crippen molar-refractivity contribution in [2.45, 2.75) is 46.1 Å². The number of rotatable bonds is 5. The van der Waals surface area contributed by atoms with E-state index in [1.54, 1.807) is 4.68 Å². The molecule has 0 spiro atoms. The second kappa shape index (κ2) is 5.53. The van der Waals surface area contributed by atoms with Crippen LogP contribution in [0, 0.1) is 0 Å². The third-order valence-corrected chi connectivity index (χ3v) is 3.78. The highest BCUT2D eigenvalue weighted by Crippen LogP contribution is 2.23. The van der Waals surface area contributed by atoms with E-state index in [-0.39, 0.29) is 6.61 Å². The van der Waals surface area contributed by atoms with Gasteiger partial charge in [0.05, 0.1) is 12.3 Å². The minimum Gasteiger partial charge on any atom is -0.390 e. The summed E-state index contributed by atoms with van der Waals surface area (Å²) in [5.74, 6) is 0.353. The van der Waals surface area contributed by atoms with Crippen molar-refractivity contribution >= 4 is 11.3 Å². The first kappa shape index (κ1) is 13.1. The monoisotopic (exact) mass is 267 g/mol. The van der Waals surface area contributed by atoms with Crippen molar-refractivity contribution < 1.29 is 5.11 Å². The second-order valence-corrected chi connectivity index (χ2v) is 5.37. The average Bonchev–Trinajstić information content (AvgIpc) is 2.95. The van der Waals surface area contributed by atoms with Crippen LogP contribution in [0.25, 0.3) is 5.13 Å². The molecule has 0 aliphatic carbocycles. The Labute approximate surface area is 110 Å². The molecule has 0 unspecified atom stereocenters. The first-order valence-corrected chi connectivity index (χ1v) is 6.87. The van der Waals surface area contributed by atoms with Crippen LogP contribution >= 0.6 is 11.3 Å². The Morgan fingerprint density at radius 3 is 2.61 bits per heavy atom. The lowest BCUT2D eigenvalue weighted by Crippen LogP contribution is -2.03. The maximum absolute atomic E-state index is 9.25. The second-order valence-electron chi connectivity index (χ2n) is 4.38. The molecule has 0 atom stereocenters. The molecule has 0 radical (unpaired) electrons. The van der Waals surface area contributed by atoms with E-state index in [2.05, 4.69) is 41.3 Å². The molecule has 6 nitrogen and oxygen atoms in total. The molecular weight excluding hydrogens is 250 g/mol. The molecule has 2 rings (SSSR count). The number of aliphatic hydroxyl groups is 1. The van der Waals surface area contributed by atoms with Gasteiger partial charge in [0.2, 0.25) is 5.13 Å². The van der Waals surface area contributed by atoms with Gasteiger partial charge in [0.15, 0.2) is 0 Å². The average molecular weight is 267 g/mol. The van der Waals surface area contributed by atoms with E-state index in [4.69, 9.17) is 0 Å². The SMILES string of the molecule is CCCc1c(CO)nnn1-c1nnc(C(C)C)s1. The van der Waals surface area contributed by atoms with Gasteiger partial charge in [0, 0.05) is 5.92 Å². The smallest absolute Gasteiger partial charge is 0.234 e. The summed E-state index contributed by atoms with van der Waals surface area (Å²) in [6.45, 7) is 6.15. The molecule has 98 valence electrons. The molecular formula is C11H17N5OS. The van der Waals surface area contributed by atoms with Gasteiger partial charge in [-0.2, -0.15) is 4.68 Å². The molecule has 2 aromatic rings. The van der Waals surface area contributed by atoms with Crippen molar-refractivity contribution in [2.24, 2.45) is 0 Å². The molecule has 0 amide bonds. The number of hydrogen-bond donors (Lipinski definition) is 1. The zero-order valence-electron chi connectivity index (χ0n) is 10.8. The van der Waals surface area contributed by atoms with Crippen LogP contribution in [-0.2, 0) is 13.0 Å². The highest BCUT2D eigenvalue weighted by molar-refractivity contribution is 7.13. The van der Waals surface area contributed by atoms with Gasteiger partial charge in [-0.1, -0.05) is 43.7 Å². The van der Waals surface area contributed by atoms with E-state index in [9.17, 15) is 5.11 Å². The van der Waals surface area contributed by atoms with E-state index in [1.165, 1.54) is 11.3 Å². The summed E-state index contributed by atoms with van der Waals surface area (Å²) in [6.07, 6.45) is 1.79. The largest absolute Gasteiger partial charge is 0.390 e. The first-order valence-electron chi connectivity index (χ1n) is 6.05. The summed E-state index contributed by atoms with van der Waals surface area (Å²) in [5, 5.41) is 27.3. The van der Waals surface area contributed by atoms with Crippen molar-refractivity contribution in [1.82, 2.24) is 25.2 Å². The van der Waals surface area contributed by atoms with E-state index in [0.29, 0.717) is 16.7 Å². The predicted octanol–water partition coefficient (Wildman–Crippen LogP) is 1.69. The molecule has 0 saturated carbocycles. The van der Waals surface area contributed by atoms with Crippen LogP contribution in [0.15, 0.2) is 0 Å². The molecule has 0 aromatic carbocycles. The Morgan fingerprint density at radius 2 is 2.06 bits per heavy atom. The predicted molar refractivity (Wildman–Crippen MR) is 68.8 cm³/mol. The third kappa shape index (κ3) is 2.41. The zero-order chi connectivity index (χ0) is 13.1. The molecule has 1 N–H and O–H groups in total. The zero-order valence-corrected chi connectivity index (χ0v) is 11.6. The molecule has 0 fully saturated rings. The summed E-state index contributed by atoms with van der Waals surface area (Å²) in [6, 6.07) is 0. The van der Waals surface area contributed by atoms with Gasteiger partial charge in [-0.15, -0.1) is 15.3 Å². The van der Waals surface area contributed by atoms with Crippen LogP contribution in [0.2, 0.25) is 0 Å². The summed E-state index contributed by atoms with van der Waals surface area (Å²) in [4.78, 5) is 0. The molecule has 7 heteroatoms. The first-order chi connectivity index (χ1) is 8.67. The number of aromatic nitrogens is 5. The van der Waals surface area contributed by atoms with Gasteiger partial charge < -0.3 is 5.11 Å². The van der Waals surface area contributed by atoms with Gasteiger partial charge >= 0.3 is 0 Å². The van der Waals surface area contributed by atoms with Gasteiger partial charge in [-0.25, -0.2) is 0 Å². The van der Waals surface area contributed by atoms with Crippen molar-refractivity contribution in [3.8, 4) is 5.13 Å². The summed E-state index contributed by atoms with van der Waals surface area (Å²) in [7, 11) is 0. The van der Waals surface area contributed by atoms with E-state index >= 15 is 0 Å². The van der Waals surface area contributed by atoms with Crippen molar-refractivity contribution in [3.63, 3.8) is 0 Å². The standard InChI is InChI=1S/C11H17N5OS/c1-4-5-9-8(6-17)12-15-16(9)11-14-13-10(18-11)7(2)3/h7,17H,4-6H2,1-3H3. The van der Waals surface area contributed by atoms with E-state index in [0.717, 1.165) is 23.5 Å². The number of nitrogens with zero attached hydrogens (tertiary/aromatic N) is 5. The lowest BCUT2D eigenvalue weighted by molar-refractivity contribution is 0.275. The Hall–Kier alpha value is -1.34. The molecule has 2 heterocycles. The third-order valence-electron chi connectivity index (χ3n) is 2.59. The Kier molecular flexibility index (Phi) is 4.03. The van der Waals surface area contributed by atoms with Crippen LogP contribution in [0.4, 0.5) is 0 Å². The molecule has 2 aromatic heterocycles. The van der Waals surface area contributed by atoms with Crippen LogP contribution in [-0.4, -0.2) is 30.3 Å². The van der Waals surface area contributed by atoms with Crippen LogP contribution in [0.3, 0.4) is 0 Å². The lowest BCUT2D eigenvalue weighted by atomic mass is 10.2. The lowest BCUT2D eigenvalue weighted by Gasteiger charge is -2.01. The number of aliphatic hydroxyl groups excluding tert-OH is 1. The minimum absolute atomic E-state index is 0.0921. The summed E-state index contributed by atoms with van der Waals surface area (Å²) in [5.41, 5.74) is 1.55. The fourth-order valence-electron chi connectivity index (χ4n) is 1.64. The molecule has 0 aliphatic rings. The Morgan fingerprint density at radius 1 is 1.28 bits per heavy atom. The van der Waals surface area contributed by atoms with Crippen molar-refractivity contribution in [2.75, 3.05) is 0 Å². The maximum Gasteiger partial charge on any atom is 0.234 e. The Balaban J connectivity index is 2.39. The van der Waals surface area contributed by atoms with E-state index < -0.39 is 0 Å². The normalized spacial score (nSPS) is 11.4.